The van der Waals surface area contributed by atoms with Crippen molar-refractivity contribution in [1.82, 2.24) is 20.0 Å². The molecule has 118 valence electrons. The van der Waals surface area contributed by atoms with E-state index in [-0.39, 0.29) is 17.3 Å². The van der Waals surface area contributed by atoms with Crippen molar-refractivity contribution < 1.29 is 4.79 Å². The van der Waals surface area contributed by atoms with Crippen molar-refractivity contribution in [3.05, 3.63) is 31.3 Å². The summed E-state index contributed by atoms with van der Waals surface area (Å²) in [5.74, 6) is 0. The number of carbonyl (C=O) groups is 1. The molecular formula is C14H18N4O3S. The lowest BCUT2D eigenvalue weighted by Crippen LogP contribution is -2.39. The molecule has 0 spiro atoms. The first kappa shape index (κ1) is 15.0. The summed E-state index contributed by atoms with van der Waals surface area (Å²) in [7, 11) is 0. The van der Waals surface area contributed by atoms with E-state index in [1.54, 1.807) is 4.57 Å². The first-order valence-electron chi connectivity index (χ1n) is 7.29. The SMILES string of the molecule is CCn1c(=O)n(C2CC2)c(=O)c2c(C)c(CNNC=O)sc21. The van der Waals surface area contributed by atoms with Gasteiger partial charge in [-0.05, 0) is 32.3 Å². The van der Waals surface area contributed by atoms with Gasteiger partial charge < -0.3 is 0 Å². The summed E-state index contributed by atoms with van der Waals surface area (Å²) in [4.78, 5) is 37.3. The normalized spacial score (nSPS) is 14.5. The molecule has 0 bridgehead atoms. The predicted molar refractivity (Wildman–Crippen MR) is 85.1 cm³/mol. The van der Waals surface area contributed by atoms with Crippen LogP contribution >= 0.6 is 11.3 Å². The molecule has 0 saturated heterocycles. The number of amides is 1. The van der Waals surface area contributed by atoms with Gasteiger partial charge in [0.05, 0.1) is 5.39 Å². The number of rotatable bonds is 6. The summed E-state index contributed by atoms with van der Waals surface area (Å²) in [6.45, 7) is 4.75. The highest BCUT2D eigenvalue weighted by Gasteiger charge is 2.30. The third kappa shape index (κ3) is 2.28. The molecule has 7 nitrogen and oxygen atoms in total. The molecule has 2 N–H and O–H groups in total. The second kappa shape index (κ2) is 5.69. The molecule has 0 aromatic carbocycles. The second-order valence-electron chi connectivity index (χ2n) is 5.38. The fraction of sp³-hybridized carbons (Fsp3) is 0.500. The van der Waals surface area contributed by atoms with Crippen molar-refractivity contribution in [3.8, 4) is 0 Å². The number of aryl methyl sites for hydroxylation is 2. The fourth-order valence-corrected chi connectivity index (χ4v) is 3.98. The van der Waals surface area contributed by atoms with Crippen LogP contribution in [0.4, 0.5) is 0 Å². The molecule has 22 heavy (non-hydrogen) atoms. The topological polar surface area (TPSA) is 85.1 Å². The molecule has 1 saturated carbocycles. The average Bonchev–Trinajstić information content (AvgIpc) is 3.26. The minimum atomic E-state index is -0.214. The molecule has 2 heterocycles. The summed E-state index contributed by atoms with van der Waals surface area (Å²) >= 11 is 1.43. The molecule has 2 aromatic rings. The second-order valence-corrected chi connectivity index (χ2v) is 6.46. The Bertz CT molecular complexity index is 844. The molecule has 1 aliphatic rings. The highest BCUT2D eigenvalue weighted by molar-refractivity contribution is 7.18. The van der Waals surface area contributed by atoms with E-state index in [2.05, 4.69) is 10.9 Å². The van der Waals surface area contributed by atoms with Crippen LogP contribution in [0.3, 0.4) is 0 Å². The summed E-state index contributed by atoms with van der Waals surface area (Å²) < 4.78 is 3.08. The lowest BCUT2D eigenvalue weighted by atomic mass is 10.2. The van der Waals surface area contributed by atoms with Crippen LogP contribution in [0.15, 0.2) is 9.59 Å². The van der Waals surface area contributed by atoms with Crippen molar-refractivity contribution in [3.63, 3.8) is 0 Å². The van der Waals surface area contributed by atoms with Crippen LogP contribution in [0.2, 0.25) is 0 Å². The number of nitrogens with one attached hydrogen (secondary N) is 2. The first-order chi connectivity index (χ1) is 10.6. The Labute approximate surface area is 130 Å². The summed E-state index contributed by atoms with van der Waals surface area (Å²) in [5.41, 5.74) is 5.64. The molecule has 0 unspecified atom stereocenters. The number of hydrazine groups is 1. The van der Waals surface area contributed by atoms with Crippen molar-refractivity contribution in [2.24, 2.45) is 0 Å². The van der Waals surface area contributed by atoms with Gasteiger partial charge in [-0.3, -0.25) is 24.1 Å². The van der Waals surface area contributed by atoms with Gasteiger partial charge in [0.1, 0.15) is 4.83 Å². The van der Waals surface area contributed by atoms with Crippen LogP contribution in [-0.4, -0.2) is 15.5 Å². The lowest BCUT2D eigenvalue weighted by molar-refractivity contribution is -0.110. The van der Waals surface area contributed by atoms with Crippen LogP contribution in [0.5, 0.6) is 0 Å². The Hall–Kier alpha value is -1.93. The number of hydrogen-bond donors (Lipinski definition) is 2. The fourth-order valence-electron chi connectivity index (χ4n) is 2.69. The van der Waals surface area contributed by atoms with E-state index in [0.29, 0.717) is 24.9 Å². The van der Waals surface area contributed by atoms with Gasteiger partial charge in [-0.15, -0.1) is 11.3 Å². The third-order valence-electron chi connectivity index (χ3n) is 3.98. The number of aromatic nitrogens is 2. The Morgan fingerprint density at radius 2 is 2.09 bits per heavy atom. The molecule has 0 radical (unpaired) electrons. The predicted octanol–water partition coefficient (Wildman–Crippen LogP) is 0.639. The third-order valence-corrected chi connectivity index (χ3v) is 5.29. The first-order valence-corrected chi connectivity index (χ1v) is 8.11. The van der Waals surface area contributed by atoms with Crippen molar-refractivity contribution in [2.75, 3.05) is 0 Å². The van der Waals surface area contributed by atoms with Gasteiger partial charge in [0.25, 0.3) is 5.56 Å². The minimum absolute atomic E-state index is 0.0554. The van der Waals surface area contributed by atoms with E-state index in [0.717, 1.165) is 28.1 Å². The highest BCUT2D eigenvalue weighted by Crippen LogP contribution is 2.34. The van der Waals surface area contributed by atoms with Gasteiger partial charge in [0.2, 0.25) is 6.41 Å². The van der Waals surface area contributed by atoms with Gasteiger partial charge in [-0.1, -0.05) is 0 Å². The molecular weight excluding hydrogens is 304 g/mol. The summed E-state index contributed by atoms with van der Waals surface area (Å²) in [6, 6.07) is 0.0554. The number of hydrogen-bond acceptors (Lipinski definition) is 5. The zero-order chi connectivity index (χ0) is 15.9. The Kier molecular flexibility index (Phi) is 3.88. The van der Waals surface area contributed by atoms with Gasteiger partial charge in [-0.2, -0.15) is 0 Å². The summed E-state index contributed by atoms with van der Waals surface area (Å²) in [6.07, 6.45) is 2.35. The lowest BCUT2D eigenvalue weighted by Gasteiger charge is -2.09. The van der Waals surface area contributed by atoms with Gasteiger partial charge >= 0.3 is 5.69 Å². The van der Waals surface area contributed by atoms with E-state index in [9.17, 15) is 14.4 Å². The Balaban J connectivity index is 2.22. The molecule has 8 heteroatoms. The smallest absolute Gasteiger partial charge is 0.294 e. The van der Waals surface area contributed by atoms with Gasteiger partial charge in [0.15, 0.2) is 0 Å². The number of nitrogens with zero attached hydrogens (tertiary/aromatic N) is 2. The van der Waals surface area contributed by atoms with Crippen LogP contribution in [0.25, 0.3) is 10.2 Å². The van der Waals surface area contributed by atoms with Crippen LogP contribution in [0, 0.1) is 6.92 Å². The van der Waals surface area contributed by atoms with Crippen LogP contribution < -0.4 is 22.1 Å². The molecule has 1 fully saturated rings. The van der Waals surface area contributed by atoms with E-state index >= 15 is 0 Å². The Morgan fingerprint density at radius 3 is 2.68 bits per heavy atom. The standard InChI is InChI=1S/C14H18N4O3S/c1-3-17-13-11(8(2)10(22-13)6-15-16-7-19)12(20)18(14(17)21)9-4-5-9/h7,9,15H,3-6H2,1-2H3,(H,16,19). The maximum atomic E-state index is 12.7. The molecule has 1 amide bonds. The van der Waals surface area contributed by atoms with E-state index < -0.39 is 0 Å². The van der Waals surface area contributed by atoms with Crippen molar-refractivity contribution in [1.29, 1.82) is 0 Å². The van der Waals surface area contributed by atoms with E-state index in [1.807, 2.05) is 13.8 Å². The van der Waals surface area contributed by atoms with Crippen molar-refractivity contribution in [2.45, 2.75) is 45.8 Å². The largest absolute Gasteiger partial charge is 0.332 e. The van der Waals surface area contributed by atoms with E-state index in [4.69, 9.17) is 0 Å². The van der Waals surface area contributed by atoms with Crippen LogP contribution in [-0.2, 0) is 17.9 Å². The molecule has 0 atom stereocenters. The molecule has 3 rings (SSSR count). The minimum Gasteiger partial charge on any atom is -0.294 e. The quantitative estimate of drug-likeness (QED) is 0.464. The maximum Gasteiger partial charge on any atom is 0.332 e. The zero-order valence-corrected chi connectivity index (χ0v) is 13.3. The Morgan fingerprint density at radius 1 is 1.36 bits per heavy atom. The van der Waals surface area contributed by atoms with Crippen molar-refractivity contribution >= 4 is 28.0 Å². The average molecular weight is 322 g/mol. The molecule has 1 aliphatic carbocycles. The monoisotopic (exact) mass is 322 g/mol. The molecule has 0 aliphatic heterocycles. The van der Waals surface area contributed by atoms with Gasteiger partial charge in [0, 0.05) is 24.0 Å². The van der Waals surface area contributed by atoms with E-state index in [1.165, 1.54) is 15.9 Å². The number of thiophene rings is 1. The zero-order valence-electron chi connectivity index (χ0n) is 12.5. The molecule has 2 aromatic heterocycles. The maximum absolute atomic E-state index is 12.7. The number of fused-ring (bicyclic) bond motifs is 1. The van der Waals surface area contributed by atoms with Crippen LogP contribution in [0.1, 0.15) is 36.2 Å². The number of carbonyl (C=O) groups excluding carboxylic acids is 1. The summed E-state index contributed by atoms with van der Waals surface area (Å²) in [5, 5.41) is 0.626. The highest BCUT2D eigenvalue weighted by atomic mass is 32.1. The van der Waals surface area contributed by atoms with Gasteiger partial charge in [-0.25, -0.2) is 10.2 Å².